The van der Waals surface area contributed by atoms with Crippen molar-refractivity contribution in [2.24, 2.45) is 5.92 Å². The van der Waals surface area contributed by atoms with Crippen LogP contribution in [-0.4, -0.2) is 24.2 Å². The molecule has 0 saturated carbocycles. The Morgan fingerprint density at radius 2 is 1.51 bits per heavy atom. The van der Waals surface area contributed by atoms with E-state index in [2.05, 4.69) is 10.6 Å². The minimum Gasteiger partial charge on any atom is -0.336 e. The Balaban J connectivity index is 2.33. The van der Waals surface area contributed by atoms with Crippen LogP contribution < -0.4 is 10.6 Å². The molecule has 2 rings (SSSR count). The fraction of sp³-hybridized carbons (Fsp3) is 0.385. The molecule has 0 saturated heterocycles. The van der Waals surface area contributed by atoms with Crippen LogP contribution in [0.5, 0.6) is 0 Å². The highest BCUT2D eigenvalue weighted by Gasteiger charge is 2.40. The molecule has 214 valence electrons. The van der Waals surface area contributed by atoms with Crippen LogP contribution in [0.4, 0.5) is 26.3 Å². The molecule has 2 aromatic carbocycles. The molecule has 13 heteroatoms. The van der Waals surface area contributed by atoms with Crippen molar-refractivity contribution in [3.8, 4) is 0 Å². The van der Waals surface area contributed by atoms with Gasteiger partial charge in [-0.1, -0.05) is 66.9 Å². The number of benzene rings is 2. The molecule has 2 amide bonds. The molecular formula is C26H25Cl3F6N2O2. The Bertz CT molecular complexity index is 1210. The Morgan fingerprint density at radius 3 is 2.03 bits per heavy atom. The van der Waals surface area contributed by atoms with Crippen molar-refractivity contribution in [2.45, 2.75) is 58.0 Å². The predicted molar refractivity (Wildman–Crippen MR) is 140 cm³/mol. The first-order chi connectivity index (χ1) is 17.9. The van der Waals surface area contributed by atoms with Crippen molar-refractivity contribution < 1.29 is 35.9 Å². The van der Waals surface area contributed by atoms with E-state index >= 15 is 0 Å². The molecule has 0 fully saturated rings. The van der Waals surface area contributed by atoms with Crippen molar-refractivity contribution in [2.75, 3.05) is 0 Å². The van der Waals surface area contributed by atoms with E-state index in [1.54, 1.807) is 0 Å². The topological polar surface area (TPSA) is 58.2 Å². The van der Waals surface area contributed by atoms with Gasteiger partial charge in [0.25, 0.3) is 5.91 Å². The molecular weight excluding hydrogens is 593 g/mol. The molecule has 0 bridgehead atoms. The summed E-state index contributed by atoms with van der Waals surface area (Å²) >= 11 is 17.5. The average molecular weight is 618 g/mol. The van der Waals surface area contributed by atoms with E-state index in [0.717, 1.165) is 30.3 Å². The van der Waals surface area contributed by atoms with Crippen LogP contribution in [0.3, 0.4) is 0 Å². The molecule has 0 aliphatic carbocycles. The second-order valence-corrected chi connectivity index (χ2v) is 10.4. The van der Waals surface area contributed by atoms with E-state index < -0.39 is 41.5 Å². The predicted octanol–water partition coefficient (Wildman–Crippen LogP) is 8.65. The third-order valence-electron chi connectivity index (χ3n) is 5.47. The fourth-order valence-electron chi connectivity index (χ4n) is 3.51. The molecule has 0 radical (unpaired) electrons. The quantitative estimate of drug-likeness (QED) is 0.168. The first-order valence-electron chi connectivity index (χ1n) is 11.6. The summed E-state index contributed by atoms with van der Waals surface area (Å²) in [4.78, 5) is 24.5. The average Bonchev–Trinajstić information content (AvgIpc) is 2.79. The summed E-state index contributed by atoms with van der Waals surface area (Å²) in [6.07, 6.45) is -8.53. The number of amides is 2. The van der Waals surface area contributed by atoms with Crippen molar-refractivity contribution in [1.29, 1.82) is 0 Å². The van der Waals surface area contributed by atoms with Crippen molar-refractivity contribution in [3.05, 3.63) is 73.7 Å². The lowest BCUT2D eigenvalue weighted by molar-refractivity contribution is -0.139. The lowest BCUT2D eigenvalue weighted by atomic mass is 9.96. The van der Waals surface area contributed by atoms with Gasteiger partial charge in [-0.3, -0.25) is 9.59 Å². The number of carbonyl (C=O) groups excluding carboxylic acids is 2. The maximum Gasteiger partial charge on any atom is 0.417 e. The Kier molecular flexibility index (Phi) is 11.2. The summed E-state index contributed by atoms with van der Waals surface area (Å²) in [6.45, 7) is 5.23. The SMILES string of the molecule is CC(C)CCC(=O)N[C@@H](C)NC(=O)c1ccc(/C=C/C(c2cc(Cl)c(Cl)c(Cl)c2)C(F)(F)F)cc1C(F)(F)F. The first-order valence-corrected chi connectivity index (χ1v) is 12.7. The molecule has 0 aliphatic heterocycles. The molecule has 0 aliphatic rings. The van der Waals surface area contributed by atoms with Crippen LogP contribution in [-0.2, 0) is 11.0 Å². The molecule has 2 N–H and O–H groups in total. The van der Waals surface area contributed by atoms with Crippen molar-refractivity contribution >= 4 is 52.7 Å². The van der Waals surface area contributed by atoms with Crippen molar-refractivity contribution in [3.63, 3.8) is 0 Å². The summed E-state index contributed by atoms with van der Waals surface area (Å²) in [6, 6.07) is 4.42. The van der Waals surface area contributed by atoms with Gasteiger partial charge in [0.05, 0.1) is 38.3 Å². The molecule has 39 heavy (non-hydrogen) atoms. The summed E-state index contributed by atoms with van der Waals surface area (Å²) in [5.41, 5.74) is -2.72. The van der Waals surface area contributed by atoms with Gasteiger partial charge in [-0.25, -0.2) is 0 Å². The number of nitrogens with one attached hydrogen (secondary N) is 2. The van der Waals surface area contributed by atoms with Crippen LogP contribution in [0.1, 0.15) is 66.6 Å². The van der Waals surface area contributed by atoms with Gasteiger partial charge in [-0.05, 0) is 54.7 Å². The number of rotatable bonds is 9. The van der Waals surface area contributed by atoms with Gasteiger partial charge < -0.3 is 10.6 Å². The highest BCUT2D eigenvalue weighted by molar-refractivity contribution is 6.48. The normalized spacial score (nSPS) is 14.0. The fourth-order valence-corrected chi connectivity index (χ4v) is 4.13. The highest BCUT2D eigenvalue weighted by Crippen LogP contribution is 2.41. The molecule has 0 aromatic heterocycles. The minimum absolute atomic E-state index is 0.139. The van der Waals surface area contributed by atoms with E-state index in [-0.39, 0.29) is 44.4 Å². The summed E-state index contributed by atoms with van der Waals surface area (Å²) < 4.78 is 82.7. The third kappa shape index (κ3) is 9.61. The number of alkyl halides is 6. The van der Waals surface area contributed by atoms with E-state index in [9.17, 15) is 35.9 Å². The van der Waals surface area contributed by atoms with Crippen LogP contribution in [0.15, 0.2) is 36.4 Å². The summed E-state index contributed by atoms with van der Waals surface area (Å²) in [7, 11) is 0. The summed E-state index contributed by atoms with van der Waals surface area (Å²) in [5.74, 6) is -3.50. The van der Waals surface area contributed by atoms with Gasteiger partial charge in [0.2, 0.25) is 5.91 Å². The van der Waals surface area contributed by atoms with Gasteiger partial charge in [0.1, 0.15) is 0 Å². The second kappa shape index (κ2) is 13.3. The lowest BCUT2D eigenvalue weighted by Gasteiger charge is -2.19. The largest absolute Gasteiger partial charge is 0.417 e. The van der Waals surface area contributed by atoms with E-state index in [0.29, 0.717) is 18.6 Å². The van der Waals surface area contributed by atoms with Crippen LogP contribution >= 0.6 is 34.8 Å². The van der Waals surface area contributed by atoms with Crippen LogP contribution in [0.25, 0.3) is 6.08 Å². The zero-order valence-electron chi connectivity index (χ0n) is 20.9. The van der Waals surface area contributed by atoms with Gasteiger partial charge >= 0.3 is 12.4 Å². The van der Waals surface area contributed by atoms with Crippen LogP contribution in [0.2, 0.25) is 15.1 Å². The smallest absolute Gasteiger partial charge is 0.336 e. The molecule has 2 atom stereocenters. The molecule has 0 heterocycles. The molecule has 4 nitrogen and oxygen atoms in total. The van der Waals surface area contributed by atoms with E-state index in [1.165, 1.54) is 6.92 Å². The first kappa shape index (κ1) is 32.8. The van der Waals surface area contributed by atoms with Crippen LogP contribution in [0, 0.1) is 5.92 Å². The Morgan fingerprint density at radius 1 is 0.923 bits per heavy atom. The maximum absolute atomic E-state index is 13.8. The Labute approximate surface area is 236 Å². The van der Waals surface area contributed by atoms with E-state index in [1.807, 2.05) is 13.8 Å². The monoisotopic (exact) mass is 616 g/mol. The highest BCUT2D eigenvalue weighted by atomic mass is 35.5. The van der Waals surface area contributed by atoms with Gasteiger partial charge in [-0.15, -0.1) is 0 Å². The molecule has 2 aromatic rings. The number of allylic oxidation sites excluding steroid dienone is 1. The van der Waals surface area contributed by atoms with E-state index in [4.69, 9.17) is 34.8 Å². The minimum atomic E-state index is -5.00. The number of hydrogen-bond acceptors (Lipinski definition) is 2. The summed E-state index contributed by atoms with van der Waals surface area (Å²) in [5, 5.41) is 4.18. The third-order valence-corrected chi connectivity index (χ3v) is 6.66. The van der Waals surface area contributed by atoms with Gasteiger partial charge in [-0.2, -0.15) is 26.3 Å². The van der Waals surface area contributed by atoms with Gasteiger partial charge in [0, 0.05) is 6.42 Å². The zero-order valence-corrected chi connectivity index (χ0v) is 23.2. The molecule has 0 spiro atoms. The van der Waals surface area contributed by atoms with Gasteiger partial charge in [0.15, 0.2) is 0 Å². The second-order valence-electron chi connectivity index (χ2n) is 9.17. The standard InChI is InChI=1S/C26H25Cl3F6N2O2/c1-13(2)4-9-22(38)36-14(3)37-24(39)17-7-5-15(10-19(17)26(33,34)35)6-8-18(25(30,31)32)16-11-20(27)23(29)21(28)12-16/h5-8,10-14,18H,4,9H2,1-3H3,(H,36,38)(H,37,39)/b8-6+/t14-,18?/m1/s1. The lowest BCUT2D eigenvalue weighted by Crippen LogP contribution is -2.46. The number of carbonyl (C=O) groups is 2. The zero-order chi connectivity index (χ0) is 29.7. The van der Waals surface area contributed by atoms with Crippen molar-refractivity contribution in [1.82, 2.24) is 10.6 Å². The number of hydrogen-bond donors (Lipinski definition) is 2. The molecule has 1 unspecified atom stereocenters. The maximum atomic E-state index is 13.8. The Hall–Kier alpha value is -2.43. The number of halogens is 9.